The standard InChI is InChI=1S/C35H42N4O5.ClH/c1-34(2,36)32(41)37-30(24-43-22-25-11-5-3-6-12-25)31(40)39-19-17-35(18-20-39)21-29(27-15-9-10-16-28(27)35)38-33(42)44-23-26-13-7-4-8-14-26;/h3-16,29-30H,17-24,36H2,1-2H3,(H,37,41)(H,38,42);1H/t29-,30?;/m1./s1. The Kier molecular flexibility index (Phi) is 11.3. The van der Waals surface area contributed by atoms with Crippen LogP contribution in [0.1, 0.15) is 61.4 Å². The highest BCUT2D eigenvalue weighted by atomic mass is 35.5. The van der Waals surface area contributed by atoms with Crippen LogP contribution in [0.4, 0.5) is 4.79 Å². The molecule has 1 unspecified atom stereocenters. The van der Waals surface area contributed by atoms with Gasteiger partial charge in [-0.2, -0.15) is 0 Å². The fraction of sp³-hybridized carbons (Fsp3) is 0.400. The van der Waals surface area contributed by atoms with Crippen molar-refractivity contribution in [3.63, 3.8) is 0 Å². The van der Waals surface area contributed by atoms with Crippen LogP contribution >= 0.6 is 12.4 Å². The van der Waals surface area contributed by atoms with Gasteiger partial charge in [-0.05, 0) is 55.4 Å². The molecule has 3 aromatic rings. The zero-order chi connectivity index (χ0) is 31.2. The number of piperidine rings is 1. The van der Waals surface area contributed by atoms with E-state index in [4.69, 9.17) is 15.2 Å². The van der Waals surface area contributed by atoms with Crippen molar-refractivity contribution in [2.45, 2.75) is 69.4 Å². The number of alkyl carbamates (subject to hydrolysis) is 1. The van der Waals surface area contributed by atoms with Crippen molar-refractivity contribution < 1.29 is 23.9 Å². The van der Waals surface area contributed by atoms with Gasteiger partial charge in [0.1, 0.15) is 12.6 Å². The molecule has 3 aromatic carbocycles. The molecule has 1 fully saturated rings. The number of fused-ring (bicyclic) bond motifs is 2. The summed E-state index contributed by atoms with van der Waals surface area (Å²) in [6, 6.07) is 26.5. The number of nitrogens with two attached hydrogens (primary N) is 1. The quantitative estimate of drug-likeness (QED) is 0.295. The molecule has 1 saturated heterocycles. The van der Waals surface area contributed by atoms with Gasteiger partial charge in [0.2, 0.25) is 11.8 Å². The number of nitrogens with zero attached hydrogens (tertiary/aromatic N) is 1. The molecule has 4 N–H and O–H groups in total. The van der Waals surface area contributed by atoms with Gasteiger partial charge in [0, 0.05) is 18.5 Å². The molecule has 45 heavy (non-hydrogen) atoms. The lowest BCUT2D eigenvalue weighted by molar-refractivity contribution is -0.140. The largest absolute Gasteiger partial charge is 0.445 e. The van der Waals surface area contributed by atoms with Crippen molar-refractivity contribution in [2.24, 2.45) is 5.73 Å². The number of hydrogen-bond donors (Lipinski definition) is 3. The number of benzene rings is 3. The van der Waals surface area contributed by atoms with E-state index < -0.39 is 23.6 Å². The first-order valence-electron chi connectivity index (χ1n) is 15.2. The van der Waals surface area contributed by atoms with Crippen LogP contribution < -0.4 is 16.4 Å². The zero-order valence-electron chi connectivity index (χ0n) is 25.9. The summed E-state index contributed by atoms with van der Waals surface area (Å²) in [4.78, 5) is 41.1. The molecule has 0 saturated carbocycles. The minimum Gasteiger partial charge on any atom is -0.445 e. The second kappa shape index (κ2) is 14.9. The first-order chi connectivity index (χ1) is 21.1. The van der Waals surface area contributed by atoms with E-state index in [1.807, 2.05) is 77.7 Å². The third-order valence-electron chi connectivity index (χ3n) is 8.62. The Hall–Kier alpha value is -3.92. The first-order valence-corrected chi connectivity index (χ1v) is 15.2. The normalized spacial score (nSPS) is 17.5. The zero-order valence-corrected chi connectivity index (χ0v) is 26.7. The van der Waals surface area contributed by atoms with E-state index >= 15 is 0 Å². The first kappa shape index (κ1) is 34.0. The predicted octanol–water partition coefficient (Wildman–Crippen LogP) is 4.78. The Labute approximate surface area is 271 Å². The Morgan fingerprint density at radius 2 is 1.49 bits per heavy atom. The number of halogens is 1. The van der Waals surface area contributed by atoms with Crippen LogP contribution in [0.2, 0.25) is 0 Å². The summed E-state index contributed by atoms with van der Waals surface area (Å²) in [5.41, 5.74) is 8.93. The minimum absolute atomic E-state index is 0. The molecule has 1 aliphatic carbocycles. The van der Waals surface area contributed by atoms with E-state index in [9.17, 15) is 14.4 Å². The van der Waals surface area contributed by atoms with Crippen molar-refractivity contribution in [3.05, 3.63) is 107 Å². The van der Waals surface area contributed by atoms with Gasteiger partial charge in [-0.1, -0.05) is 84.9 Å². The molecule has 1 aliphatic heterocycles. The SMILES string of the molecule is CC(C)(N)C(=O)NC(COCc1ccccc1)C(=O)N1CCC2(CC1)C[C@@H](NC(=O)OCc1ccccc1)c1ccccc12.Cl. The van der Waals surface area contributed by atoms with Crippen LogP contribution in [-0.4, -0.2) is 54.1 Å². The maximum Gasteiger partial charge on any atom is 0.407 e. The van der Waals surface area contributed by atoms with Gasteiger partial charge < -0.3 is 30.7 Å². The fourth-order valence-corrected chi connectivity index (χ4v) is 6.17. The molecule has 9 nitrogen and oxygen atoms in total. The summed E-state index contributed by atoms with van der Waals surface area (Å²) >= 11 is 0. The molecule has 1 spiro atoms. The predicted molar refractivity (Wildman–Crippen MR) is 175 cm³/mol. The van der Waals surface area contributed by atoms with Crippen LogP contribution in [0.5, 0.6) is 0 Å². The second-order valence-electron chi connectivity index (χ2n) is 12.4. The number of amides is 3. The maximum absolute atomic E-state index is 13.8. The smallest absolute Gasteiger partial charge is 0.407 e. The van der Waals surface area contributed by atoms with Gasteiger partial charge >= 0.3 is 6.09 Å². The molecule has 0 radical (unpaired) electrons. The topological polar surface area (TPSA) is 123 Å². The molecule has 0 aromatic heterocycles. The number of nitrogens with one attached hydrogen (secondary N) is 2. The van der Waals surface area contributed by atoms with E-state index in [2.05, 4.69) is 22.8 Å². The average Bonchev–Trinajstić information content (AvgIpc) is 3.32. The Morgan fingerprint density at radius 1 is 0.911 bits per heavy atom. The fourth-order valence-electron chi connectivity index (χ4n) is 6.17. The lowest BCUT2D eigenvalue weighted by Gasteiger charge is -2.41. The van der Waals surface area contributed by atoms with E-state index in [1.54, 1.807) is 13.8 Å². The van der Waals surface area contributed by atoms with Gasteiger partial charge in [-0.25, -0.2) is 4.79 Å². The van der Waals surface area contributed by atoms with E-state index in [1.165, 1.54) is 5.56 Å². The lowest BCUT2D eigenvalue weighted by atomic mass is 9.73. The summed E-state index contributed by atoms with van der Waals surface area (Å²) < 4.78 is 11.4. The number of likely N-dealkylation sites (tertiary alicyclic amines) is 1. The van der Waals surface area contributed by atoms with Gasteiger partial charge in [0.05, 0.1) is 24.8 Å². The Bertz CT molecular complexity index is 1440. The highest BCUT2D eigenvalue weighted by Gasteiger charge is 2.47. The summed E-state index contributed by atoms with van der Waals surface area (Å²) in [6.45, 7) is 4.84. The molecule has 2 aliphatic rings. The van der Waals surface area contributed by atoms with Crippen molar-refractivity contribution in [1.82, 2.24) is 15.5 Å². The summed E-state index contributed by atoms with van der Waals surface area (Å²) in [6.07, 6.45) is 1.76. The van der Waals surface area contributed by atoms with Crippen LogP contribution in [-0.2, 0) is 37.7 Å². The molecular formula is C35H43ClN4O5. The third kappa shape index (κ3) is 8.42. The molecule has 3 amide bonds. The molecule has 1 heterocycles. The molecule has 240 valence electrons. The average molecular weight is 635 g/mol. The second-order valence-corrected chi connectivity index (χ2v) is 12.4. The lowest BCUT2D eigenvalue weighted by Crippen LogP contribution is -2.59. The van der Waals surface area contributed by atoms with Crippen LogP contribution in [0.15, 0.2) is 84.9 Å². The molecule has 0 bridgehead atoms. The summed E-state index contributed by atoms with van der Waals surface area (Å²) in [7, 11) is 0. The summed E-state index contributed by atoms with van der Waals surface area (Å²) in [5, 5.41) is 5.91. The highest BCUT2D eigenvalue weighted by Crippen LogP contribution is 2.50. The van der Waals surface area contributed by atoms with Gasteiger partial charge in [0.15, 0.2) is 0 Å². The van der Waals surface area contributed by atoms with Crippen molar-refractivity contribution in [3.8, 4) is 0 Å². The number of rotatable bonds is 10. The highest BCUT2D eigenvalue weighted by molar-refractivity contribution is 5.91. The molecule has 2 atom stereocenters. The number of ether oxygens (including phenoxy) is 2. The van der Waals surface area contributed by atoms with E-state index in [0.29, 0.717) is 19.7 Å². The number of carbonyl (C=O) groups is 3. The molecule has 10 heteroatoms. The number of hydrogen-bond acceptors (Lipinski definition) is 6. The maximum atomic E-state index is 13.8. The van der Waals surface area contributed by atoms with Crippen molar-refractivity contribution in [1.29, 1.82) is 0 Å². The molecular weight excluding hydrogens is 592 g/mol. The van der Waals surface area contributed by atoms with Gasteiger partial charge in [-0.15, -0.1) is 12.4 Å². The van der Waals surface area contributed by atoms with Crippen molar-refractivity contribution in [2.75, 3.05) is 19.7 Å². The van der Waals surface area contributed by atoms with Gasteiger partial charge in [-0.3, -0.25) is 9.59 Å². The van der Waals surface area contributed by atoms with E-state index in [0.717, 1.165) is 36.0 Å². The number of carbonyl (C=O) groups excluding carboxylic acids is 3. The monoisotopic (exact) mass is 634 g/mol. The minimum atomic E-state index is -1.14. The van der Waals surface area contributed by atoms with Gasteiger partial charge in [0.25, 0.3) is 0 Å². The van der Waals surface area contributed by atoms with Crippen LogP contribution in [0, 0.1) is 0 Å². The van der Waals surface area contributed by atoms with Crippen LogP contribution in [0.25, 0.3) is 0 Å². The molecule has 5 rings (SSSR count). The van der Waals surface area contributed by atoms with E-state index in [-0.39, 0.29) is 43.0 Å². The third-order valence-corrected chi connectivity index (χ3v) is 8.62. The van der Waals surface area contributed by atoms with Crippen LogP contribution in [0.3, 0.4) is 0 Å². The van der Waals surface area contributed by atoms with Crippen molar-refractivity contribution >= 4 is 30.3 Å². The Morgan fingerprint density at radius 3 is 2.11 bits per heavy atom. The summed E-state index contributed by atoms with van der Waals surface area (Å²) in [5.74, 6) is -0.596. The Balaban J connectivity index is 0.00000461.